The first-order valence-electron chi connectivity index (χ1n) is 11.4. The zero-order chi connectivity index (χ0) is 25.9. The fourth-order valence-corrected chi connectivity index (χ4v) is 4.82. The van der Waals surface area contributed by atoms with E-state index in [0.717, 1.165) is 28.0 Å². The number of ether oxygens (including phenoxy) is 1. The highest BCUT2D eigenvalue weighted by Crippen LogP contribution is 2.40. The van der Waals surface area contributed by atoms with Gasteiger partial charge in [-0.25, -0.2) is 4.99 Å². The molecular formula is C27H27Cl2N5O2. The van der Waals surface area contributed by atoms with E-state index in [2.05, 4.69) is 10.6 Å². The molecule has 0 aromatic heterocycles. The predicted molar refractivity (Wildman–Crippen MR) is 146 cm³/mol. The Morgan fingerprint density at radius 3 is 2.42 bits per heavy atom. The second-order valence-electron chi connectivity index (χ2n) is 8.59. The molecular weight excluding hydrogens is 497 g/mol. The Morgan fingerprint density at radius 2 is 1.78 bits per heavy atom. The number of rotatable bonds is 7. The number of nitrogens with zero attached hydrogens (tertiary/aromatic N) is 2. The van der Waals surface area contributed by atoms with E-state index in [1.54, 1.807) is 13.2 Å². The SMILES string of the molecule is COc1ccc(C2(c3cccc(-c4cc(Cl)cc(Cl)c4)c3)N=C(N)NC2=NCC(C)NC(C)=O)cc1. The van der Waals surface area contributed by atoms with Crippen molar-refractivity contribution in [3.8, 4) is 16.9 Å². The van der Waals surface area contributed by atoms with Crippen LogP contribution in [-0.2, 0) is 10.3 Å². The van der Waals surface area contributed by atoms with E-state index in [4.69, 9.17) is 43.7 Å². The molecule has 0 aliphatic carbocycles. The lowest BCUT2D eigenvalue weighted by Gasteiger charge is -2.28. The van der Waals surface area contributed by atoms with Crippen molar-refractivity contribution in [2.75, 3.05) is 13.7 Å². The third-order valence-corrected chi connectivity index (χ3v) is 6.27. The van der Waals surface area contributed by atoms with Gasteiger partial charge in [0.05, 0.1) is 13.7 Å². The molecule has 0 fully saturated rings. The molecule has 0 saturated carbocycles. The van der Waals surface area contributed by atoms with E-state index >= 15 is 0 Å². The molecule has 0 saturated heterocycles. The van der Waals surface area contributed by atoms with Crippen molar-refractivity contribution in [2.24, 2.45) is 15.7 Å². The first kappa shape index (κ1) is 25.5. The molecule has 2 atom stereocenters. The second-order valence-corrected chi connectivity index (χ2v) is 9.46. The molecule has 4 rings (SSSR count). The Hall–Kier alpha value is -3.55. The number of carbonyl (C=O) groups is 1. The molecule has 3 aromatic rings. The van der Waals surface area contributed by atoms with Gasteiger partial charge in [-0.15, -0.1) is 0 Å². The summed E-state index contributed by atoms with van der Waals surface area (Å²) < 4.78 is 5.36. The van der Waals surface area contributed by atoms with E-state index in [0.29, 0.717) is 22.4 Å². The summed E-state index contributed by atoms with van der Waals surface area (Å²) in [5.74, 6) is 1.40. The minimum Gasteiger partial charge on any atom is -0.497 e. The number of amidine groups is 1. The largest absolute Gasteiger partial charge is 0.497 e. The van der Waals surface area contributed by atoms with E-state index in [-0.39, 0.29) is 17.9 Å². The van der Waals surface area contributed by atoms with Crippen LogP contribution in [0, 0.1) is 0 Å². The molecule has 1 aliphatic heterocycles. The third-order valence-electron chi connectivity index (χ3n) is 5.83. The zero-order valence-corrected chi connectivity index (χ0v) is 21.7. The minimum atomic E-state index is -1.04. The van der Waals surface area contributed by atoms with Gasteiger partial charge >= 0.3 is 0 Å². The van der Waals surface area contributed by atoms with Crippen LogP contribution < -0.4 is 21.1 Å². The summed E-state index contributed by atoms with van der Waals surface area (Å²) in [4.78, 5) is 21.2. The smallest absolute Gasteiger partial charge is 0.217 e. The maximum atomic E-state index is 11.5. The minimum absolute atomic E-state index is 0.118. The van der Waals surface area contributed by atoms with Crippen molar-refractivity contribution < 1.29 is 9.53 Å². The molecule has 186 valence electrons. The normalized spacial score (nSPS) is 18.9. The van der Waals surface area contributed by atoms with Crippen molar-refractivity contribution in [1.82, 2.24) is 10.6 Å². The van der Waals surface area contributed by atoms with Crippen LogP contribution in [0.4, 0.5) is 0 Å². The zero-order valence-electron chi connectivity index (χ0n) is 20.2. The Labute approximate surface area is 220 Å². The Balaban J connectivity index is 1.88. The first-order chi connectivity index (χ1) is 17.2. The molecule has 0 spiro atoms. The van der Waals surface area contributed by atoms with Crippen LogP contribution in [-0.4, -0.2) is 37.4 Å². The van der Waals surface area contributed by atoms with E-state index in [1.165, 1.54) is 6.92 Å². The van der Waals surface area contributed by atoms with Gasteiger partial charge in [-0.1, -0.05) is 53.5 Å². The third kappa shape index (κ3) is 5.32. The van der Waals surface area contributed by atoms with Crippen molar-refractivity contribution in [1.29, 1.82) is 0 Å². The summed E-state index contributed by atoms with van der Waals surface area (Å²) in [6.07, 6.45) is 0. The lowest BCUT2D eigenvalue weighted by atomic mass is 9.81. The van der Waals surface area contributed by atoms with Crippen molar-refractivity contribution >= 4 is 40.9 Å². The molecule has 0 radical (unpaired) electrons. The van der Waals surface area contributed by atoms with Gasteiger partial charge in [-0.2, -0.15) is 0 Å². The summed E-state index contributed by atoms with van der Waals surface area (Å²) in [5.41, 5.74) is 8.69. The summed E-state index contributed by atoms with van der Waals surface area (Å²) in [6, 6.07) is 20.8. The molecule has 0 bridgehead atoms. The van der Waals surface area contributed by atoms with E-state index in [9.17, 15) is 4.79 Å². The highest BCUT2D eigenvalue weighted by Gasteiger charge is 2.44. The fraction of sp³-hybridized carbons (Fsp3) is 0.222. The summed E-state index contributed by atoms with van der Waals surface area (Å²) in [5, 5.41) is 7.10. The fourth-order valence-electron chi connectivity index (χ4n) is 4.29. The average molecular weight is 524 g/mol. The molecule has 1 heterocycles. The molecule has 36 heavy (non-hydrogen) atoms. The molecule has 4 N–H and O–H groups in total. The number of halogens is 2. The van der Waals surface area contributed by atoms with Gasteiger partial charge in [0.2, 0.25) is 5.91 Å². The van der Waals surface area contributed by atoms with Gasteiger partial charge in [0.1, 0.15) is 11.6 Å². The Morgan fingerprint density at radius 1 is 1.08 bits per heavy atom. The van der Waals surface area contributed by atoms with Crippen LogP contribution in [0.25, 0.3) is 11.1 Å². The molecule has 2 unspecified atom stereocenters. The van der Waals surface area contributed by atoms with Crippen LogP contribution in [0.3, 0.4) is 0 Å². The van der Waals surface area contributed by atoms with Crippen molar-refractivity contribution in [3.05, 3.63) is 87.9 Å². The topological polar surface area (TPSA) is 101 Å². The van der Waals surface area contributed by atoms with Gasteiger partial charge in [0.25, 0.3) is 0 Å². The number of methoxy groups -OCH3 is 1. The summed E-state index contributed by atoms with van der Waals surface area (Å²) in [7, 11) is 1.62. The highest BCUT2D eigenvalue weighted by molar-refractivity contribution is 6.35. The number of amides is 1. The lowest BCUT2D eigenvalue weighted by molar-refractivity contribution is -0.119. The Kier molecular flexibility index (Phi) is 7.52. The van der Waals surface area contributed by atoms with Crippen LogP contribution in [0.2, 0.25) is 10.0 Å². The lowest BCUT2D eigenvalue weighted by Crippen LogP contribution is -2.41. The van der Waals surface area contributed by atoms with Crippen LogP contribution >= 0.6 is 23.2 Å². The van der Waals surface area contributed by atoms with Gasteiger partial charge in [-0.05, 0) is 65.6 Å². The molecule has 9 heteroatoms. The number of benzene rings is 3. The number of nitrogens with two attached hydrogens (primary N) is 1. The molecule has 7 nitrogen and oxygen atoms in total. The maximum absolute atomic E-state index is 11.5. The number of hydrogen-bond donors (Lipinski definition) is 3. The quantitative estimate of drug-likeness (QED) is 0.415. The van der Waals surface area contributed by atoms with Gasteiger partial charge < -0.3 is 21.1 Å². The number of hydrogen-bond acceptors (Lipinski definition) is 5. The van der Waals surface area contributed by atoms with E-state index in [1.807, 2.05) is 67.6 Å². The second kappa shape index (κ2) is 10.6. The van der Waals surface area contributed by atoms with E-state index < -0.39 is 5.54 Å². The number of aliphatic imine (C=N–C) groups is 2. The monoisotopic (exact) mass is 523 g/mol. The van der Waals surface area contributed by atoms with Crippen LogP contribution in [0.15, 0.2) is 76.7 Å². The first-order valence-corrected chi connectivity index (χ1v) is 12.1. The summed E-state index contributed by atoms with van der Waals surface area (Å²) in [6.45, 7) is 3.71. The van der Waals surface area contributed by atoms with Gasteiger partial charge in [0.15, 0.2) is 11.5 Å². The number of carbonyl (C=O) groups excluding carboxylic acids is 1. The summed E-state index contributed by atoms with van der Waals surface area (Å²) >= 11 is 12.5. The number of nitrogens with one attached hydrogen (secondary N) is 2. The number of guanidine groups is 1. The van der Waals surface area contributed by atoms with Crippen molar-refractivity contribution in [3.63, 3.8) is 0 Å². The van der Waals surface area contributed by atoms with Crippen LogP contribution in [0.5, 0.6) is 5.75 Å². The Bertz CT molecular complexity index is 1320. The predicted octanol–water partition coefficient (Wildman–Crippen LogP) is 4.75. The highest BCUT2D eigenvalue weighted by atomic mass is 35.5. The average Bonchev–Trinajstić information content (AvgIpc) is 3.19. The van der Waals surface area contributed by atoms with Crippen molar-refractivity contribution in [2.45, 2.75) is 25.4 Å². The standard InChI is InChI=1S/C27H27Cl2N5O2/c1-16(32-17(2)35)15-31-25-27(34-26(30)33-25,20-7-9-24(36-3)10-8-20)21-6-4-5-18(11-21)19-12-22(28)14-23(29)13-19/h4-14,16H,15H2,1-3H3,(H,32,35)(H3,30,31,33,34). The van der Waals surface area contributed by atoms with Gasteiger partial charge in [-0.3, -0.25) is 9.79 Å². The maximum Gasteiger partial charge on any atom is 0.217 e. The van der Waals surface area contributed by atoms with Gasteiger partial charge in [0, 0.05) is 23.0 Å². The van der Waals surface area contributed by atoms with Crippen LogP contribution in [0.1, 0.15) is 25.0 Å². The molecule has 3 aromatic carbocycles. The molecule has 1 amide bonds. The molecule has 1 aliphatic rings.